The van der Waals surface area contributed by atoms with E-state index in [1.165, 1.54) is 29.1 Å². The minimum atomic E-state index is -3.84. The molecule has 4 rings (SSSR count). The lowest BCUT2D eigenvalue weighted by Gasteiger charge is -2.35. The highest BCUT2D eigenvalue weighted by atomic mass is 32.2. The molecule has 2 atom stereocenters. The number of carboxylic acid groups (broad SMARTS) is 1. The van der Waals surface area contributed by atoms with Crippen molar-refractivity contribution in [2.75, 3.05) is 10.8 Å². The third-order valence-corrected chi connectivity index (χ3v) is 8.29. The van der Waals surface area contributed by atoms with E-state index in [1.54, 1.807) is 24.3 Å². The average Bonchev–Trinajstić information content (AvgIpc) is 2.78. The number of sulfonamides is 1. The lowest BCUT2D eigenvalue weighted by Crippen LogP contribution is -2.43. The summed E-state index contributed by atoms with van der Waals surface area (Å²) in [5, 5.41) is 9.09. The van der Waals surface area contributed by atoms with Crippen LogP contribution in [0.3, 0.4) is 0 Å². The van der Waals surface area contributed by atoms with Gasteiger partial charge < -0.3 is 9.84 Å². The van der Waals surface area contributed by atoms with E-state index in [4.69, 9.17) is 9.84 Å². The van der Waals surface area contributed by atoms with Crippen molar-refractivity contribution in [2.45, 2.75) is 63.4 Å². The minimum Gasteiger partial charge on any atom is -0.486 e. The van der Waals surface area contributed by atoms with Crippen molar-refractivity contribution < 1.29 is 23.1 Å². The number of aryl methyl sites for hydroxylation is 1. The molecule has 1 saturated carbocycles. The Hall–Kier alpha value is -2.80. The normalized spacial score (nSPS) is 22.0. The molecule has 2 aromatic rings. The number of fused-ring (bicyclic) bond motifs is 1. The zero-order valence-electron chi connectivity index (χ0n) is 19.2. The highest BCUT2D eigenvalue weighted by molar-refractivity contribution is 7.92. The molecular formula is C26H31NO5S. The lowest BCUT2D eigenvalue weighted by atomic mass is 9.84. The first-order valence-electron chi connectivity index (χ1n) is 11.6. The fourth-order valence-corrected chi connectivity index (χ4v) is 6.23. The molecule has 1 N–H and O–H groups in total. The molecule has 7 heteroatoms. The smallest absolute Gasteiger partial charge is 0.303 e. The summed E-state index contributed by atoms with van der Waals surface area (Å²) in [6.45, 7) is 4.18. The largest absolute Gasteiger partial charge is 0.486 e. The molecule has 0 aromatic heterocycles. The van der Waals surface area contributed by atoms with E-state index in [0.717, 1.165) is 17.5 Å². The first-order chi connectivity index (χ1) is 15.7. The summed E-state index contributed by atoms with van der Waals surface area (Å²) in [5.41, 5.74) is 3.71. The van der Waals surface area contributed by atoms with Gasteiger partial charge in [-0.1, -0.05) is 43.2 Å². The van der Waals surface area contributed by atoms with Crippen molar-refractivity contribution in [3.63, 3.8) is 0 Å². The molecule has 1 aliphatic heterocycles. The molecule has 0 bridgehead atoms. The second-order valence-corrected chi connectivity index (χ2v) is 11.0. The monoisotopic (exact) mass is 469 g/mol. The van der Waals surface area contributed by atoms with Crippen LogP contribution in [0.25, 0.3) is 6.08 Å². The summed E-state index contributed by atoms with van der Waals surface area (Å²) in [7, 11) is -3.84. The summed E-state index contributed by atoms with van der Waals surface area (Å²) >= 11 is 0. The number of aliphatic carboxylic acids is 1. The fourth-order valence-electron chi connectivity index (χ4n) is 4.62. The van der Waals surface area contributed by atoms with Gasteiger partial charge in [-0.15, -0.1) is 0 Å². The van der Waals surface area contributed by atoms with Gasteiger partial charge in [0.05, 0.1) is 17.1 Å². The van der Waals surface area contributed by atoms with Gasteiger partial charge in [0.25, 0.3) is 10.0 Å². The molecule has 2 aromatic carbocycles. The lowest BCUT2D eigenvalue weighted by molar-refractivity contribution is -0.137. The van der Waals surface area contributed by atoms with Gasteiger partial charge in [-0.05, 0) is 73.9 Å². The van der Waals surface area contributed by atoms with E-state index >= 15 is 0 Å². The number of hydrogen-bond donors (Lipinski definition) is 1. The van der Waals surface area contributed by atoms with Gasteiger partial charge in [0.1, 0.15) is 11.9 Å². The Morgan fingerprint density at radius 1 is 1.21 bits per heavy atom. The first kappa shape index (κ1) is 23.4. The molecule has 0 amide bonds. The number of carboxylic acids is 1. The van der Waals surface area contributed by atoms with Crippen LogP contribution >= 0.6 is 0 Å². The average molecular weight is 470 g/mol. The molecule has 1 fully saturated rings. The van der Waals surface area contributed by atoms with Crippen molar-refractivity contribution >= 4 is 27.8 Å². The number of anilines is 1. The quantitative estimate of drug-likeness (QED) is 0.612. The van der Waals surface area contributed by atoms with Crippen molar-refractivity contribution in [1.29, 1.82) is 0 Å². The summed E-state index contributed by atoms with van der Waals surface area (Å²) in [4.78, 5) is 11.3. The predicted octanol–water partition coefficient (Wildman–Crippen LogP) is 5.41. The number of rotatable bonds is 6. The number of ether oxygens (including phenoxy) is 1. The van der Waals surface area contributed by atoms with Crippen molar-refractivity contribution in [3.8, 4) is 5.75 Å². The molecule has 1 unspecified atom stereocenters. The number of hydrogen-bond acceptors (Lipinski definition) is 4. The number of benzene rings is 2. The van der Waals surface area contributed by atoms with Crippen LogP contribution < -0.4 is 9.04 Å². The Kier molecular flexibility index (Phi) is 6.79. The van der Waals surface area contributed by atoms with Crippen LogP contribution in [-0.2, 0) is 14.8 Å². The van der Waals surface area contributed by atoms with Gasteiger partial charge in [0.2, 0.25) is 0 Å². The molecule has 1 aliphatic carbocycles. The van der Waals surface area contributed by atoms with Crippen LogP contribution in [0.5, 0.6) is 5.75 Å². The zero-order valence-corrected chi connectivity index (χ0v) is 20.0. The Bertz CT molecular complexity index is 1170. The number of allylic oxidation sites excluding steroid dienone is 1. The molecule has 0 spiro atoms. The van der Waals surface area contributed by atoms with Crippen LogP contribution in [0.1, 0.15) is 56.6 Å². The standard InChI is InChI=1S/C26H31NO5S/c1-18-6-5-9-23(14-18)33(30,31)27-17-22(11-13-26(28)29)32-25-12-10-20(16-24(25)27)15-21-8-4-3-7-19(21)2/h5-6,9-10,12,14-16,19,22H,3-4,7-8,11,13,17H2,1-2H3,(H,28,29)/b21-15+/t19?,22-/m0/s1. The van der Waals surface area contributed by atoms with Gasteiger partial charge >= 0.3 is 5.97 Å². The van der Waals surface area contributed by atoms with Crippen molar-refractivity contribution in [2.24, 2.45) is 5.92 Å². The molecule has 33 heavy (non-hydrogen) atoms. The Balaban J connectivity index is 1.74. The van der Waals surface area contributed by atoms with Crippen LogP contribution in [0, 0.1) is 12.8 Å². The van der Waals surface area contributed by atoms with Crippen LogP contribution in [0.15, 0.2) is 52.9 Å². The Labute approximate surface area is 195 Å². The summed E-state index contributed by atoms with van der Waals surface area (Å²) in [6, 6.07) is 12.5. The third kappa shape index (κ3) is 5.24. The zero-order chi connectivity index (χ0) is 23.6. The minimum absolute atomic E-state index is 0.0764. The van der Waals surface area contributed by atoms with Gasteiger partial charge in [0, 0.05) is 6.42 Å². The molecule has 176 valence electrons. The van der Waals surface area contributed by atoms with E-state index in [2.05, 4.69) is 13.0 Å². The van der Waals surface area contributed by atoms with E-state index < -0.39 is 22.1 Å². The van der Waals surface area contributed by atoms with E-state index in [0.29, 0.717) is 17.4 Å². The van der Waals surface area contributed by atoms with E-state index in [9.17, 15) is 13.2 Å². The van der Waals surface area contributed by atoms with Crippen LogP contribution in [-0.4, -0.2) is 32.1 Å². The maximum absolute atomic E-state index is 13.7. The maximum Gasteiger partial charge on any atom is 0.303 e. The van der Waals surface area contributed by atoms with Crippen LogP contribution in [0.4, 0.5) is 5.69 Å². The molecule has 2 aliphatic rings. The first-order valence-corrected chi connectivity index (χ1v) is 13.0. The summed E-state index contributed by atoms with van der Waals surface area (Å²) < 4.78 is 34.8. The topological polar surface area (TPSA) is 83.9 Å². The second kappa shape index (κ2) is 9.59. The molecule has 1 heterocycles. The third-order valence-electron chi connectivity index (χ3n) is 6.51. The highest BCUT2D eigenvalue weighted by Gasteiger charge is 2.35. The summed E-state index contributed by atoms with van der Waals surface area (Å²) in [6.07, 6.45) is 6.48. The number of nitrogens with zero attached hydrogens (tertiary/aromatic N) is 1. The molecule has 6 nitrogen and oxygen atoms in total. The molecular weight excluding hydrogens is 438 g/mol. The Morgan fingerprint density at radius 2 is 2.03 bits per heavy atom. The molecule has 0 radical (unpaired) electrons. The summed E-state index contributed by atoms with van der Waals surface area (Å²) in [5.74, 6) is 0.0614. The van der Waals surface area contributed by atoms with Crippen molar-refractivity contribution in [3.05, 3.63) is 59.2 Å². The van der Waals surface area contributed by atoms with Gasteiger partial charge in [0.15, 0.2) is 0 Å². The second-order valence-electron chi connectivity index (χ2n) is 9.12. The van der Waals surface area contributed by atoms with Gasteiger partial charge in [-0.2, -0.15) is 0 Å². The number of carbonyl (C=O) groups is 1. The maximum atomic E-state index is 13.7. The van der Waals surface area contributed by atoms with Gasteiger partial charge in [-0.25, -0.2) is 8.42 Å². The van der Waals surface area contributed by atoms with Gasteiger partial charge in [-0.3, -0.25) is 9.10 Å². The molecule has 0 saturated heterocycles. The Morgan fingerprint density at radius 3 is 2.76 bits per heavy atom. The van der Waals surface area contributed by atoms with E-state index in [-0.39, 0.29) is 24.3 Å². The van der Waals surface area contributed by atoms with Crippen molar-refractivity contribution in [1.82, 2.24) is 0 Å². The van der Waals surface area contributed by atoms with E-state index in [1.807, 2.05) is 25.1 Å². The van der Waals surface area contributed by atoms with Crippen LogP contribution in [0.2, 0.25) is 0 Å². The fraction of sp³-hybridized carbons (Fsp3) is 0.423. The SMILES string of the molecule is Cc1cccc(S(=O)(=O)N2C[C@H](CCC(=O)O)Oc3ccc(/C=C4\CCCCC4C)cc32)c1. The predicted molar refractivity (Wildman–Crippen MR) is 129 cm³/mol. The highest BCUT2D eigenvalue weighted by Crippen LogP contribution is 2.40.